The Bertz CT molecular complexity index is 1140. The summed E-state index contributed by atoms with van der Waals surface area (Å²) in [6.45, 7) is 5.11. The summed E-state index contributed by atoms with van der Waals surface area (Å²) >= 11 is 0. The molecule has 0 saturated carbocycles. The van der Waals surface area contributed by atoms with Crippen molar-refractivity contribution in [2.45, 2.75) is 50.8 Å². The third-order valence-corrected chi connectivity index (χ3v) is 7.71. The van der Waals surface area contributed by atoms with Crippen LogP contribution in [0.3, 0.4) is 0 Å². The Kier molecular flexibility index (Phi) is 5.96. The first kappa shape index (κ1) is 21.7. The molecule has 1 atom stereocenters. The molecule has 0 aliphatic carbocycles. The number of piperidine rings is 1. The third-order valence-electron chi connectivity index (χ3n) is 5.80. The van der Waals surface area contributed by atoms with Crippen molar-refractivity contribution in [2.24, 2.45) is 5.92 Å². The highest BCUT2D eigenvalue weighted by atomic mass is 32.2. The number of nitrogens with zero attached hydrogens (tertiary/aromatic N) is 3. The van der Waals surface area contributed by atoms with E-state index in [1.165, 1.54) is 22.5 Å². The fraction of sp³-hybridized carbons (Fsp3) is 0.476. The number of hydrogen-bond donors (Lipinski definition) is 1. The summed E-state index contributed by atoms with van der Waals surface area (Å²) in [5, 5.41) is 6.93. The Hall–Kier alpha value is -2.56. The molecule has 31 heavy (non-hydrogen) atoms. The van der Waals surface area contributed by atoms with Crippen LogP contribution in [0.15, 0.2) is 40.0 Å². The van der Waals surface area contributed by atoms with Crippen LogP contribution in [-0.2, 0) is 32.7 Å². The number of nitrogens with one attached hydrogen (secondary N) is 1. The van der Waals surface area contributed by atoms with E-state index in [-0.39, 0.29) is 23.1 Å². The second-order valence-electron chi connectivity index (χ2n) is 8.16. The molecule has 2 aromatic rings. The zero-order chi connectivity index (χ0) is 22.2. The molecular weight excluding hydrogens is 420 g/mol. The molecule has 9 nitrogen and oxygen atoms in total. The Morgan fingerprint density at radius 1 is 1.19 bits per heavy atom. The van der Waals surface area contributed by atoms with Crippen LogP contribution in [0.4, 0.5) is 5.69 Å². The van der Waals surface area contributed by atoms with Crippen LogP contribution < -0.4 is 10.9 Å². The van der Waals surface area contributed by atoms with E-state index in [4.69, 9.17) is 4.74 Å². The molecule has 1 aromatic heterocycles. The maximum absolute atomic E-state index is 12.8. The summed E-state index contributed by atoms with van der Waals surface area (Å²) in [5.74, 6) is 0.106. The average Bonchev–Trinajstić information content (AvgIpc) is 3.08. The average molecular weight is 447 g/mol. The number of anilines is 1. The standard InChI is InChI=1S/C21H26N4O5S/c1-14-7-9-24(10-8-14)31(28,29)18-5-3-17(4-6-18)22-19(26)12-25-20(27)11-16-13-30-15(2)21(16)23-25/h3-6,11,14-15H,7-10,12-13H2,1-2H3,(H,22,26)/t15-/m1/s1. The number of aromatic nitrogens is 2. The molecule has 4 rings (SSSR count). The van der Waals surface area contributed by atoms with E-state index in [0.717, 1.165) is 23.1 Å². The quantitative estimate of drug-likeness (QED) is 0.751. The monoisotopic (exact) mass is 446 g/mol. The minimum Gasteiger partial charge on any atom is -0.367 e. The summed E-state index contributed by atoms with van der Waals surface area (Å²) in [4.78, 5) is 24.8. The molecule has 1 amide bonds. The van der Waals surface area contributed by atoms with Crippen LogP contribution >= 0.6 is 0 Å². The van der Waals surface area contributed by atoms with Crippen molar-refractivity contribution < 1.29 is 17.9 Å². The zero-order valence-electron chi connectivity index (χ0n) is 17.6. The van der Waals surface area contributed by atoms with E-state index < -0.39 is 15.9 Å². The number of carbonyl (C=O) groups excluding carboxylic acids is 1. The minimum absolute atomic E-state index is 0.200. The molecule has 2 aliphatic rings. The van der Waals surface area contributed by atoms with Gasteiger partial charge in [-0.2, -0.15) is 9.40 Å². The van der Waals surface area contributed by atoms with Gasteiger partial charge < -0.3 is 10.1 Å². The van der Waals surface area contributed by atoms with E-state index in [2.05, 4.69) is 17.3 Å². The molecule has 166 valence electrons. The van der Waals surface area contributed by atoms with Crippen LogP contribution in [0, 0.1) is 5.92 Å². The zero-order valence-corrected chi connectivity index (χ0v) is 18.4. The number of ether oxygens (including phenoxy) is 1. The van der Waals surface area contributed by atoms with Crippen molar-refractivity contribution in [3.8, 4) is 0 Å². The van der Waals surface area contributed by atoms with Gasteiger partial charge in [0.05, 0.1) is 23.3 Å². The van der Waals surface area contributed by atoms with E-state index in [9.17, 15) is 18.0 Å². The Morgan fingerprint density at radius 2 is 1.87 bits per heavy atom. The van der Waals surface area contributed by atoms with Crippen LogP contribution in [0.2, 0.25) is 0 Å². The molecule has 0 bridgehead atoms. The lowest BCUT2D eigenvalue weighted by Gasteiger charge is -2.29. The number of benzene rings is 1. The van der Waals surface area contributed by atoms with Gasteiger partial charge in [0.1, 0.15) is 6.54 Å². The van der Waals surface area contributed by atoms with Crippen molar-refractivity contribution in [1.29, 1.82) is 0 Å². The van der Waals surface area contributed by atoms with Gasteiger partial charge in [-0.3, -0.25) is 9.59 Å². The molecule has 10 heteroatoms. The topological polar surface area (TPSA) is 111 Å². The van der Waals surface area contributed by atoms with Crippen molar-refractivity contribution in [2.75, 3.05) is 18.4 Å². The van der Waals surface area contributed by atoms with Crippen molar-refractivity contribution in [1.82, 2.24) is 14.1 Å². The highest BCUT2D eigenvalue weighted by Gasteiger charge is 2.28. The van der Waals surface area contributed by atoms with Gasteiger partial charge in [0.2, 0.25) is 15.9 Å². The first-order valence-electron chi connectivity index (χ1n) is 10.4. The van der Waals surface area contributed by atoms with E-state index in [1.807, 2.05) is 6.92 Å². The summed E-state index contributed by atoms with van der Waals surface area (Å²) in [7, 11) is -3.54. The minimum atomic E-state index is -3.54. The smallest absolute Gasteiger partial charge is 0.267 e. The first-order chi connectivity index (χ1) is 14.7. The van der Waals surface area contributed by atoms with E-state index in [1.54, 1.807) is 12.1 Å². The van der Waals surface area contributed by atoms with E-state index in [0.29, 0.717) is 37.0 Å². The molecule has 0 radical (unpaired) electrons. The van der Waals surface area contributed by atoms with Crippen LogP contribution in [-0.4, -0.2) is 41.5 Å². The van der Waals surface area contributed by atoms with Crippen LogP contribution in [0.25, 0.3) is 0 Å². The molecule has 3 heterocycles. The molecule has 1 aromatic carbocycles. The predicted molar refractivity (Wildman–Crippen MR) is 114 cm³/mol. The van der Waals surface area contributed by atoms with Crippen molar-refractivity contribution in [3.63, 3.8) is 0 Å². The molecule has 1 N–H and O–H groups in total. The Labute approximate surface area is 181 Å². The number of rotatable bonds is 5. The van der Waals surface area contributed by atoms with Crippen LogP contribution in [0.1, 0.15) is 44.1 Å². The lowest BCUT2D eigenvalue weighted by Crippen LogP contribution is -2.37. The van der Waals surface area contributed by atoms with Crippen molar-refractivity contribution >= 4 is 21.6 Å². The lowest BCUT2D eigenvalue weighted by atomic mass is 10.0. The van der Waals surface area contributed by atoms with Gasteiger partial charge in [0, 0.05) is 30.4 Å². The number of amides is 1. The molecule has 0 unspecified atom stereocenters. The number of hydrogen-bond acceptors (Lipinski definition) is 6. The number of sulfonamides is 1. The largest absolute Gasteiger partial charge is 0.367 e. The van der Waals surface area contributed by atoms with Gasteiger partial charge in [-0.05, 0) is 49.9 Å². The van der Waals surface area contributed by atoms with Gasteiger partial charge >= 0.3 is 0 Å². The normalized spacial score (nSPS) is 19.9. The number of carbonyl (C=O) groups is 1. The molecule has 1 fully saturated rings. The van der Waals surface area contributed by atoms with E-state index >= 15 is 0 Å². The highest BCUT2D eigenvalue weighted by Crippen LogP contribution is 2.26. The summed E-state index contributed by atoms with van der Waals surface area (Å²) < 4.78 is 33.7. The van der Waals surface area contributed by atoms with Crippen molar-refractivity contribution in [3.05, 3.63) is 51.9 Å². The third kappa shape index (κ3) is 4.56. The Balaban J connectivity index is 1.42. The Morgan fingerprint density at radius 3 is 2.55 bits per heavy atom. The fourth-order valence-corrected chi connectivity index (χ4v) is 5.30. The maximum atomic E-state index is 12.8. The SMILES string of the molecule is CC1CCN(S(=O)(=O)c2ccc(NC(=O)Cn3nc4c(cc3=O)CO[C@@H]4C)cc2)CC1. The van der Waals surface area contributed by atoms with Gasteiger partial charge in [0.25, 0.3) is 5.56 Å². The van der Waals surface area contributed by atoms with Gasteiger partial charge in [-0.1, -0.05) is 6.92 Å². The molecule has 0 spiro atoms. The molecule has 2 aliphatic heterocycles. The second-order valence-corrected chi connectivity index (χ2v) is 10.1. The second kappa shape index (κ2) is 8.52. The molecule has 1 saturated heterocycles. The highest BCUT2D eigenvalue weighted by molar-refractivity contribution is 7.89. The fourth-order valence-electron chi connectivity index (χ4n) is 3.83. The molecular formula is C21H26N4O5S. The first-order valence-corrected chi connectivity index (χ1v) is 11.8. The summed E-state index contributed by atoms with van der Waals surface area (Å²) in [6.07, 6.45) is 1.49. The summed E-state index contributed by atoms with van der Waals surface area (Å²) in [6, 6.07) is 7.52. The van der Waals surface area contributed by atoms with Gasteiger partial charge in [0.15, 0.2) is 0 Å². The van der Waals surface area contributed by atoms with Gasteiger partial charge in [-0.25, -0.2) is 13.1 Å². The maximum Gasteiger partial charge on any atom is 0.267 e. The lowest BCUT2D eigenvalue weighted by molar-refractivity contribution is -0.117. The predicted octanol–water partition coefficient (Wildman–Crippen LogP) is 1.89. The summed E-state index contributed by atoms with van der Waals surface area (Å²) in [5.41, 5.74) is 1.48. The number of fused-ring (bicyclic) bond motifs is 1. The van der Waals surface area contributed by atoms with Gasteiger partial charge in [-0.15, -0.1) is 0 Å². The van der Waals surface area contributed by atoms with Crippen LogP contribution in [0.5, 0.6) is 0 Å².